The van der Waals surface area contributed by atoms with Gasteiger partial charge in [-0.25, -0.2) is 13.7 Å². The first kappa shape index (κ1) is 7.35. The van der Waals surface area contributed by atoms with Gasteiger partial charge in [-0.05, 0) is 25.7 Å². The van der Waals surface area contributed by atoms with Gasteiger partial charge in [0, 0.05) is 6.04 Å². The van der Waals surface area contributed by atoms with Crippen molar-refractivity contribution in [2.75, 3.05) is 0 Å². The Morgan fingerprint density at radius 3 is 2.27 bits per heavy atom. The fourth-order valence-electron chi connectivity index (χ4n) is 1.04. The van der Waals surface area contributed by atoms with Gasteiger partial charge in [0.05, 0.1) is 5.25 Å². The van der Waals surface area contributed by atoms with Crippen molar-refractivity contribution in [3.63, 3.8) is 0 Å². The zero-order chi connectivity index (χ0) is 7.90. The van der Waals surface area contributed by atoms with Gasteiger partial charge in [-0.15, -0.1) is 0 Å². The van der Waals surface area contributed by atoms with Crippen LogP contribution in [-0.4, -0.2) is 20.7 Å². The van der Waals surface area contributed by atoms with Crippen molar-refractivity contribution >= 4 is 14.9 Å². The van der Waals surface area contributed by atoms with Crippen molar-refractivity contribution < 1.29 is 9.00 Å². The molecule has 0 bridgehead atoms. The second-order valence-corrected chi connectivity index (χ2v) is 5.55. The molecule has 0 saturated heterocycles. The van der Waals surface area contributed by atoms with Gasteiger partial charge in [-0.3, -0.25) is 0 Å². The topological polar surface area (TPSA) is 46.2 Å². The van der Waals surface area contributed by atoms with E-state index < -0.39 is 9.71 Å². The monoisotopic (exact) mass is 173 g/mol. The van der Waals surface area contributed by atoms with Crippen LogP contribution in [0.25, 0.3) is 0 Å². The van der Waals surface area contributed by atoms with Gasteiger partial charge in [-0.2, -0.15) is 0 Å². The minimum Gasteiger partial charge on any atom is -0.241 e. The van der Waals surface area contributed by atoms with E-state index in [1.165, 1.54) is 0 Å². The van der Waals surface area contributed by atoms with E-state index in [-0.39, 0.29) is 5.25 Å². The summed E-state index contributed by atoms with van der Waals surface area (Å²) in [5.41, 5.74) is 0. The number of hydrogen-bond donors (Lipinski definition) is 1. The zero-order valence-corrected chi connectivity index (χ0v) is 7.02. The van der Waals surface area contributed by atoms with Crippen LogP contribution in [0, 0.1) is 0 Å². The van der Waals surface area contributed by atoms with E-state index in [9.17, 15) is 9.00 Å². The van der Waals surface area contributed by atoms with E-state index >= 15 is 0 Å². The molecule has 0 aromatic heterocycles. The Kier molecular flexibility index (Phi) is 1.56. The molecule has 2 aliphatic carbocycles. The highest BCUT2D eigenvalue weighted by Crippen LogP contribution is 2.30. The molecule has 4 heteroatoms. The Balaban J connectivity index is 2.14. The van der Waals surface area contributed by atoms with Crippen LogP contribution in [0.15, 0.2) is 0 Å². The average Bonchev–Trinajstić information content (AvgIpc) is 2.81. The lowest BCUT2D eigenvalue weighted by atomic mass is 10.8. The van der Waals surface area contributed by atoms with Gasteiger partial charge >= 0.3 is 0 Å². The van der Waals surface area contributed by atoms with Gasteiger partial charge in [0.15, 0.2) is 0 Å². The Bertz CT molecular complexity index is 292. The van der Waals surface area contributed by atoms with Crippen molar-refractivity contribution in [2.24, 2.45) is 0 Å². The molecular formula is C7H11NO2S. The Hall–Kier alpha value is -0.310. The Morgan fingerprint density at radius 2 is 1.91 bits per heavy atom. The number of rotatable bonds is 3. The second kappa shape index (κ2) is 2.34. The maximum Gasteiger partial charge on any atom is 0.201 e. The summed E-state index contributed by atoms with van der Waals surface area (Å²) in [7, 11) is -2.42. The standard InChI is InChI=1S/C7H11NO2S/c9-5-11(10,7-3-4-7)8-6-1-2-6/h6-7H,1-4H2,(H,8,10). The van der Waals surface area contributed by atoms with Gasteiger partial charge in [0.1, 0.15) is 9.71 Å². The molecule has 0 aliphatic heterocycles. The fraction of sp³-hybridized carbons (Fsp3) is 0.857. The van der Waals surface area contributed by atoms with Gasteiger partial charge < -0.3 is 0 Å². The lowest BCUT2D eigenvalue weighted by Gasteiger charge is -2.04. The van der Waals surface area contributed by atoms with Gasteiger partial charge in [-0.1, -0.05) is 0 Å². The maximum atomic E-state index is 11.6. The predicted molar refractivity (Wildman–Crippen MR) is 43.0 cm³/mol. The summed E-state index contributed by atoms with van der Waals surface area (Å²) in [5, 5.41) is 1.78. The molecule has 0 aromatic carbocycles. The van der Waals surface area contributed by atoms with Crippen molar-refractivity contribution in [3.8, 4) is 0 Å². The third-order valence-corrected chi connectivity index (χ3v) is 4.38. The maximum absolute atomic E-state index is 11.6. The lowest BCUT2D eigenvalue weighted by molar-refractivity contribution is 0.569. The van der Waals surface area contributed by atoms with E-state index in [0.29, 0.717) is 6.04 Å². The quantitative estimate of drug-likeness (QED) is 0.618. The largest absolute Gasteiger partial charge is 0.241 e. The molecule has 1 N–H and O–H groups in total. The van der Waals surface area contributed by atoms with Crippen molar-refractivity contribution in [1.29, 1.82) is 0 Å². The number of carbonyl (C=O) groups excluding carboxylic acids is 1. The van der Waals surface area contributed by atoms with Crippen LogP contribution in [0.5, 0.6) is 0 Å². The van der Waals surface area contributed by atoms with E-state index in [1.807, 2.05) is 0 Å². The Labute approximate surface area is 66.3 Å². The molecule has 3 nitrogen and oxygen atoms in total. The normalized spacial score (nSPS) is 29.1. The van der Waals surface area contributed by atoms with E-state index in [0.717, 1.165) is 25.7 Å². The third-order valence-electron chi connectivity index (χ3n) is 2.04. The van der Waals surface area contributed by atoms with Crippen molar-refractivity contribution in [3.05, 3.63) is 0 Å². The molecule has 0 amide bonds. The van der Waals surface area contributed by atoms with E-state index in [4.69, 9.17) is 0 Å². The molecule has 2 saturated carbocycles. The number of nitrogens with one attached hydrogen (secondary N) is 1. The molecular weight excluding hydrogens is 162 g/mol. The van der Waals surface area contributed by atoms with Crippen LogP contribution >= 0.6 is 0 Å². The average molecular weight is 173 g/mol. The molecule has 62 valence electrons. The highest BCUT2D eigenvalue weighted by Gasteiger charge is 2.37. The van der Waals surface area contributed by atoms with Gasteiger partial charge in [0.25, 0.3) is 0 Å². The molecule has 2 aliphatic rings. The van der Waals surface area contributed by atoms with E-state index in [1.54, 1.807) is 5.23 Å². The molecule has 0 aromatic rings. The minimum absolute atomic E-state index is 0.0978. The van der Waals surface area contributed by atoms with Crippen molar-refractivity contribution in [1.82, 2.24) is 4.72 Å². The Morgan fingerprint density at radius 1 is 1.27 bits per heavy atom. The SMILES string of the molecule is O=C=S(=O)(NC1CC1)C1CC1. The predicted octanol–water partition coefficient (Wildman–Crippen LogP) is 0.167. The van der Waals surface area contributed by atoms with Crippen LogP contribution < -0.4 is 4.72 Å². The first-order chi connectivity index (χ1) is 5.24. The summed E-state index contributed by atoms with van der Waals surface area (Å²) in [6, 6.07) is 0.338. The van der Waals surface area contributed by atoms with Crippen LogP contribution in [0.3, 0.4) is 0 Å². The number of hydrogen-bond acceptors (Lipinski definition) is 2. The summed E-state index contributed by atoms with van der Waals surface area (Å²) in [6.45, 7) is 0. The molecule has 11 heavy (non-hydrogen) atoms. The van der Waals surface area contributed by atoms with Crippen LogP contribution in [0.2, 0.25) is 0 Å². The third kappa shape index (κ3) is 1.48. The smallest absolute Gasteiger partial charge is 0.201 e. The highest BCUT2D eigenvalue weighted by molar-refractivity contribution is 7.99. The van der Waals surface area contributed by atoms with Gasteiger partial charge in [0.2, 0.25) is 5.23 Å². The van der Waals surface area contributed by atoms with Crippen LogP contribution in [-0.2, 0) is 14.5 Å². The minimum atomic E-state index is -2.42. The molecule has 0 heterocycles. The molecule has 0 spiro atoms. The highest BCUT2D eigenvalue weighted by atomic mass is 32.2. The zero-order valence-electron chi connectivity index (χ0n) is 6.21. The summed E-state index contributed by atoms with van der Waals surface area (Å²) in [5.74, 6) is 0. The summed E-state index contributed by atoms with van der Waals surface area (Å²) in [4.78, 5) is 10.4. The first-order valence-electron chi connectivity index (χ1n) is 3.94. The summed E-state index contributed by atoms with van der Waals surface area (Å²) < 4.78 is 14.5. The van der Waals surface area contributed by atoms with Crippen LogP contribution in [0.4, 0.5) is 0 Å². The first-order valence-corrected chi connectivity index (χ1v) is 5.56. The molecule has 2 rings (SSSR count). The van der Waals surface area contributed by atoms with Crippen LogP contribution in [0.1, 0.15) is 25.7 Å². The lowest BCUT2D eigenvalue weighted by Crippen LogP contribution is -2.29. The fourth-order valence-corrected chi connectivity index (χ4v) is 2.94. The molecule has 1 unspecified atom stereocenters. The molecule has 1 atom stereocenters. The van der Waals surface area contributed by atoms with E-state index in [2.05, 4.69) is 4.72 Å². The molecule has 2 fully saturated rings. The second-order valence-electron chi connectivity index (χ2n) is 3.28. The summed E-state index contributed by atoms with van der Waals surface area (Å²) in [6.07, 6.45) is 3.97. The summed E-state index contributed by atoms with van der Waals surface area (Å²) >= 11 is 0. The van der Waals surface area contributed by atoms with Crippen molar-refractivity contribution in [2.45, 2.75) is 37.0 Å². The molecule has 0 radical (unpaired) electrons.